The summed E-state index contributed by atoms with van der Waals surface area (Å²) in [6.07, 6.45) is -4.58. The van der Waals surface area contributed by atoms with Crippen LogP contribution < -0.4 is 10.1 Å². The van der Waals surface area contributed by atoms with Crippen LogP contribution in [-0.4, -0.2) is 26.2 Å². The van der Waals surface area contributed by atoms with E-state index in [-0.39, 0.29) is 30.4 Å². The fraction of sp³-hybridized carbons (Fsp3) is 0.250. The molecule has 0 unspecified atom stereocenters. The number of aryl methyl sites for hydroxylation is 1. The van der Waals surface area contributed by atoms with Gasteiger partial charge >= 0.3 is 6.18 Å². The van der Waals surface area contributed by atoms with E-state index in [9.17, 15) is 18.0 Å². The van der Waals surface area contributed by atoms with Gasteiger partial charge in [0.2, 0.25) is 0 Å². The molecule has 0 saturated carbocycles. The molecular weight excluding hydrogens is 411 g/mol. The molecule has 1 amide bonds. The Hall–Kier alpha value is -2.71. The lowest BCUT2D eigenvalue weighted by Gasteiger charge is -2.15. The maximum Gasteiger partial charge on any atom is 0.416 e. The number of hydrogen-bond acceptors (Lipinski definition) is 4. The predicted molar refractivity (Wildman–Crippen MR) is 103 cm³/mol. The molecule has 9 heteroatoms. The number of hydrogen-bond donors (Lipinski definition) is 1. The van der Waals surface area contributed by atoms with Gasteiger partial charge in [0.1, 0.15) is 12.4 Å². The molecule has 3 aromatic rings. The normalized spacial score (nSPS) is 11.7. The number of fused-ring (bicyclic) bond motifs is 1. The van der Waals surface area contributed by atoms with Gasteiger partial charge in [-0.3, -0.25) is 4.79 Å². The SMILES string of the molecule is COCCOc1ccc(C(F)(F)F)cc1NC(=O)c1oc2c(Cl)cccc2c1C. The van der Waals surface area contributed by atoms with E-state index >= 15 is 0 Å². The number of amides is 1. The summed E-state index contributed by atoms with van der Waals surface area (Å²) in [5.41, 5.74) is -0.200. The smallest absolute Gasteiger partial charge is 0.416 e. The van der Waals surface area contributed by atoms with E-state index < -0.39 is 17.6 Å². The average Bonchev–Trinajstić information content (AvgIpc) is 3.00. The van der Waals surface area contributed by atoms with Gasteiger partial charge in [-0.1, -0.05) is 23.7 Å². The van der Waals surface area contributed by atoms with Gasteiger partial charge in [-0.15, -0.1) is 0 Å². The summed E-state index contributed by atoms with van der Waals surface area (Å²) >= 11 is 6.09. The van der Waals surface area contributed by atoms with E-state index in [1.165, 1.54) is 7.11 Å². The molecule has 154 valence electrons. The Kier molecular flexibility index (Phi) is 6.04. The van der Waals surface area contributed by atoms with E-state index in [2.05, 4.69) is 5.32 Å². The van der Waals surface area contributed by atoms with Crippen LogP contribution >= 0.6 is 11.6 Å². The van der Waals surface area contributed by atoms with Crippen LogP contribution in [0, 0.1) is 6.92 Å². The molecule has 29 heavy (non-hydrogen) atoms. The van der Waals surface area contributed by atoms with Crippen molar-refractivity contribution in [1.82, 2.24) is 0 Å². The Morgan fingerprint density at radius 2 is 1.97 bits per heavy atom. The fourth-order valence-corrected chi connectivity index (χ4v) is 2.98. The maximum atomic E-state index is 13.1. The molecule has 0 atom stereocenters. The highest BCUT2D eigenvalue weighted by Gasteiger charge is 2.31. The quantitative estimate of drug-likeness (QED) is 0.513. The molecule has 0 aliphatic carbocycles. The van der Waals surface area contributed by atoms with Crippen molar-refractivity contribution in [2.24, 2.45) is 0 Å². The van der Waals surface area contributed by atoms with Crippen LogP contribution in [-0.2, 0) is 10.9 Å². The second-order valence-electron chi connectivity index (χ2n) is 6.18. The minimum Gasteiger partial charge on any atom is -0.489 e. The highest BCUT2D eigenvalue weighted by Crippen LogP contribution is 2.36. The minimum absolute atomic E-state index is 0.0478. The summed E-state index contributed by atoms with van der Waals surface area (Å²) in [6, 6.07) is 7.90. The van der Waals surface area contributed by atoms with Crippen LogP contribution in [0.25, 0.3) is 11.0 Å². The zero-order valence-corrected chi connectivity index (χ0v) is 16.3. The van der Waals surface area contributed by atoms with Gasteiger partial charge in [-0.05, 0) is 31.2 Å². The van der Waals surface area contributed by atoms with E-state index in [1.54, 1.807) is 25.1 Å². The molecule has 2 aromatic carbocycles. The Bertz CT molecular complexity index is 1050. The fourth-order valence-electron chi connectivity index (χ4n) is 2.77. The monoisotopic (exact) mass is 427 g/mol. The zero-order chi connectivity index (χ0) is 21.2. The summed E-state index contributed by atoms with van der Waals surface area (Å²) in [6.45, 7) is 2.00. The van der Waals surface area contributed by atoms with Crippen molar-refractivity contribution in [3.8, 4) is 5.75 Å². The minimum atomic E-state index is -4.58. The third kappa shape index (κ3) is 4.49. The molecule has 1 heterocycles. The number of benzene rings is 2. The Morgan fingerprint density at radius 1 is 1.21 bits per heavy atom. The summed E-state index contributed by atoms with van der Waals surface area (Å²) in [4.78, 5) is 12.7. The number of rotatable bonds is 6. The largest absolute Gasteiger partial charge is 0.489 e. The number of anilines is 1. The number of alkyl halides is 3. The number of furan rings is 1. The molecular formula is C20H17ClF3NO4. The Labute approximate surface area is 169 Å². The van der Waals surface area contributed by atoms with Crippen molar-refractivity contribution < 1.29 is 31.9 Å². The van der Waals surface area contributed by atoms with Crippen LogP contribution in [0.2, 0.25) is 5.02 Å². The molecule has 1 N–H and O–H groups in total. The van der Waals surface area contributed by atoms with E-state index in [1.807, 2.05) is 0 Å². The number of halogens is 4. The first-order valence-corrected chi connectivity index (χ1v) is 8.92. The number of carbonyl (C=O) groups is 1. The Morgan fingerprint density at radius 3 is 2.62 bits per heavy atom. The first-order chi connectivity index (χ1) is 13.7. The van der Waals surface area contributed by atoms with Crippen molar-refractivity contribution in [3.63, 3.8) is 0 Å². The van der Waals surface area contributed by atoms with Crippen molar-refractivity contribution in [2.45, 2.75) is 13.1 Å². The topological polar surface area (TPSA) is 60.7 Å². The van der Waals surface area contributed by atoms with Gasteiger partial charge < -0.3 is 19.2 Å². The second kappa shape index (κ2) is 8.34. The van der Waals surface area contributed by atoms with Crippen LogP contribution in [0.5, 0.6) is 5.75 Å². The van der Waals surface area contributed by atoms with Crippen LogP contribution in [0.3, 0.4) is 0 Å². The van der Waals surface area contributed by atoms with Crippen LogP contribution in [0.4, 0.5) is 18.9 Å². The predicted octanol–water partition coefficient (Wildman–Crippen LogP) is 5.69. The molecule has 0 aliphatic heterocycles. The molecule has 0 aliphatic rings. The van der Waals surface area contributed by atoms with Crippen molar-refractivity contribution in [3.05, 3.63) is 58.3 Å². The van der Waals surface area contributed by atoms with Gasteiger partial charge in [0.25, 0.3) is 5.91 Å². The number of carbonyl (C=O) groups excluding carboxylic acids is 1. The number of para-hydroxylation sites is 1. The molecule has 3 rings (SSSR count). The highest BCUT2D eigenvalue weighted by molar-refractivity contribution is 6.35. The second-order valence-corrected chi connectivity index (χ2v) is 6.58. The molecule has 1 aromatic heterocycles. The standard InChI is InChI=1S/C20H17ClF3NO4/c1-11-13-4-3-5-14(21)18(13)29-17(11)19(26)25-15-10-12(20(22,23)24)6-7-16(15)28-9-8-27-2/h3-7,10H,8-9H2,1-2H3,(H,25,26). The molecule has 0 fully saturated rings. The summed E-state index contributed by atoms with van der Waals surface area (Å²) in [5.74, 6) is -0.686. The first-order valence-electron chi connectivity index (χ1n) is 8.54. The molecule has 0 saturated heterocycles. The van der Waals surface area contributed by atoms with Crippen LogP contribution in [0.15, 0.2) is 40.8 Å². The van der Waals surface area contributed by atoms with E-state index in [0.717, 1.165) is 18.2 Å². The van der Waals surface area contributed by atoms with Crippen molar-refractivity contribution in [1.29, 1.82) is 0 Å². The van der Waals surface area contributed by atoms with Crippen molar-refractivity contribution in [2.75, 3.05) is 25.6 Å². The zero-order valence-electron chi connectivity index (χ0n) is 15.5. The molecule has 0 radical (unpaired) electrons. The average molecular weight is 428 g/mol. The van der Waals surface area contributed by atoms with E-state index in [0.29, 0.717) is 21.6 Å². The lowest BCUT2D eigenvalue weighted by atomic mass is 10.1. The van der Waals surface area contributed by atoms with Gasteiger partial charge in [0.05, 0.1) is 22.9 Å². The summed E-state index contributed by atoms with van der Waals surface area (Å²) in [5, 5.41) is 3.41. The number of nitrogens with one attached hydrogen (secondary N) is 1. The highest BCUT2D eigenvalue weighted by atomic mass is 35.5. The van der Waals surface area contributed by atoms with Gasteiger partial charge in [0.15, 0.2) is 11.3 Å². The van der Waals surface area contributed by atoms with Crippen molar-refractivity contribution >= 4 is 34.2 Å². The summed E-state index contributed by atoms with van der Waals surface area (Å²) < 4.78 is 55.2. The van der Waals surface area contributed by atoms with E-state index in [4.69, 9.17) is 25.5 Å². The lowest BCUT2D eigenvalue weighted by molar-refractivity contribution is -0.137. The first kappa shape index (κ1) is 21.0. The Balaban J connectivity index is 1.96. The summed E-state index contributed by atoms with van der Waals surface area (Å²) in [7, 11) is 1.47. The third-order valence-corrected chi connectivity index (χ3v) is 4.52. The lowest BCUT2D eigenvalue weighted by Crippen LogP contribution is -2.15. The molecule has 0 bridgehead atoms. The van der Waals surface area contributed by atoms with Gasteiger partial charge in [-0.25, -0.2) is 0 Å². The number of ether oxygens (including phenoxy) is 2. The maximum absolute atomic E-state index is 13.1. The molecule has 5 nitrogen and oxygen atoms in total. The van der Waals surface area contributed by atoms with Crippen LogP contribution in [0.1, 0.15) is 21.7 Å². The number of methoxy groups -OCH3 is 1. The van der Waals surface area contributed by atoms with Gasteiger partial charge in [0, 0.05) is 18.1 Å². The third-order valence-electron chi connectivity index (χ3n) is 4.22. The molecule has 0 spiro atoms. The van der Waals surface area contributed by atoms with Gasteiger partial charge in [-0.2, -0.15) is 13.2 Å².